The van der Waals surface area contributed by atoms with E-state index < -0.39 is 0 Å². The van der Waals surface area contributed by atoms with Gasteiger partial charge in [-0.1, -0.05) is 6.92 Å². The third-order valence-electron chi connectivity index (χ3n) is 3.66. The molecule has 0 aromatic heterocycles. The van der Waals surface area contributed by atoms with E-state index in [0.717, 1.165) is 19.5 Å². The van der Waals surface area contributed by atoms with Crippen LogP contribution in [0.15, 0.2) is 0 Å². The molecule has 0 bridgehead atoms. The van der Waals surface area contributed by atoms with Crippen LogP contribution in [0.1, 0.15) is 19.8 Å². The zero-order valence-corrected chi connectivity index (χ0v) is 11.9. The summed E-state index contributed by atoms with van der Waals surface area (Å²) in [6, 6.07) is 0.197. The summed E-state index contributed by atoms with van der Waals surface area (Å²) in [7, 11) is 0. The molecule has 5 heteroatoms. The van der Waals surface area contributed by atoms with Gasteiger partial charge >= 0.3 is 0 Å². The number of hydrogen-bond acceptors (Lipinski definition) is 4. The maximum absolute atomic E-state index is 12.1. The minimum absolute atomic E-state index is 0.00870. The van der Waals surface area contributed by atoms with Crippen LogP contribution >= 0.6 is 11.8 Å². The zero-order chi connectivity index (χ0) is 12.8. The van der Waals surface area contributed by atoms with Gasteiger partial charge in [0.05, 0.1) is 19.1 Å². The Labute approximate surface area is 114 Å². The SMILES string of the molecule is CCCNC1COCC1C(=O)NCC1CCSC1. The van der Waals surface area contributed by atoms with Crippen molar-refractivity contribution in [1.29, 1.82) is 0 Å². The number of thioether (sulfide) groups is 1. The number of carbonyl (C=O) groups is 1. The average molecular weight is 272 g/mol. The Morgan fingerprint density at radius 2 is 2.33 bits per heavy atom. The minimum atomic E-state index is -0.00870. The molecule has 0 radical (unpaired) electrons. The second-order valence-electron chi connectivity index (χ2n) is 5.18. The fourth-order valence-electron chi connectivity index (χ4n) is 2.46. The second-order valence-corrected chi connectivity index (χ2v) is 6.33. The van der Waals surface area contributed by atoms with E-state index in [2.05, 4.69) is 17.6 Å². The van der Waals surface area contributed by atoms with Gasteiger partial charge in [0.2, 0.25) is 5.91 Å². The van der Waals surface area contributed by atoms with E-state index in [1.54, 1.807) is 0 Å². The summed E-state index contributed by atoms with van der Waals surface area (Å²) >= 11 is 1.99. The summed E-state index contributed by atoms with van der Waals surface area (Å²) in [6.45, 7) is 5.15. The summed E-state index contributed by atoms with van der Waals surface area (Å²) in [6.07, 6.45) is 2.33. The van der Waals surface area contributed by atoms with Gasteiger partial charge in [0, 0.05) is 12.6 Å². The summed E-state index contributed by atoms with van der Waals surface area (Å²) in [5.74, 6) is 3.26. The standard InChI is InChI=1S/C13H24N2O2S/c1-2-4-14-12-8-17-7-11(12)13(16)15-6-10-3-5-18-9-10/h10-12,14H,2-9H2,1H3,(H,15,16). The molecule has 4 nitrogen and oxygen atoms in total. The zero-order valence-electron chi connectivity index (χ0n) is 11.1. The summed E-state index contributed by atoms with van der Waals surface area (Å²) in [5, 5.41) is 6.50. The highest BCUT2D eigenvalue weighted by Gasteiger charge is 2.33. The predicted octanol–water partition coefficient (Wildman–Crippen LogP) is 0.870. The lowest BCUT2D eigenvalue weighted by molar-refractivity contribution is -0.125. The molecule has 104 valence electrons. The first-order valence-electron chi connectivity index (χ1n) is 6.97. The summed E-state index contributed by atoms with van der Waals surface area (Å²) in [5.41, 5.74) is 0. The maximum Gasteiger partial charge on any atom is 0.227 e. The molecule has 0 spiro atoms. The molecule has 2 rings (SSSR count). The van der Waals surface area contributed by atoms with Gasteiger partial charge < -0.3 is 15.4 Å². The number of amides is 1. The fourth-order valence-corrected chi connectivity index (χ4v) is 3.75. The normalized spacial score (nSPS) is 31.7. The molecule has 3 unspecified atom stereocenters. The molecule has 2 aliphatic rings. The highest BCUT2D eigenvalue weighted by atomic mass is 32.2. The number of carbonyl (C=O) groups excluding carboxylic acids is 1. The Balaban J connectivity index is 1.72. The van der Waals surface area contributed by atoms with Crippen molar-refractivity contribution < 1.29 is 9.53 Å². The Kier molecular flexibility index (Phi) is 5.79. The average Bonchev–Trinajstić information content (AvgIpc) is 3.04. The van der Waals surface area contributed by atoms with Crippen molar-refractivity contribution in [2.75, 3.05) is 37.8 Å². The molecule has 2 fully saturated rings. The van der Waals surface area contributed by atoms with Crippen molar-refractivity contribution in [1.82, 2.24) is 10.6 Å². The number of hydrogen-bond donors (Lipinski definition) is 2. The predicted molar refractivity (Wildman–Crippen MR) is 74.8 cm³/mol. The smallest absolute Gasteiger partial charge is 0.227 e. The van der Waals surface area contributed by atoms with Crippen LogP contribution in [-0.4, -0.2) is 49.8 Å². The molecule has 0 saturated carbocycles. The van der Waals surface area contributed by atoms with Crippen LogP contribution in [-0.2, 0) is 9.53 Å². The van der Waals surface area contributed by atoms with E-state index in [0.29, 0.717) is 19.1 Å². The van der Waals surface area contributed by atoms with Crippen LogP contribution in [0.5, 0.6) is 0 Å². The number of ether oxygens (including phenoxy) is 1. The first kappa shape index (κ1) is 14.2. The van der Waals surface area contributed by atoms with Crippen molar-refractivity contribution >= 4 is 17.7 Å². The summed E-state index contributed by atoms with van der Waals surface area (Å²) < 4.78 is 5.43. The quantitative estimate of drug-likeness (QED) is 0.753. The van der Waals surface area contributed by atoms with Crippen LogP contribution in [0.4, 0.5) is 0 Å². The second kappa shape index (κ2) is 7.36. The van der Waals surface area contributed by atoms with E-state index in [9.17, 15) is 4.79 Å². The highest BCUT2D eigenvalue weighted by Crippen LogP contribution is 2.22. The Morgan fingerprint density at radius 3 is 3.06 bits per heavy atom. The van der Waals surface area contributed by atoms with Crippen LogP contribution in [0.25, 0.3) is 0 Å². The van der Waals surface area contributed by atoms with E-state index in [4.69, 9.17) is 4.74 Å². The molecule has 2 saturated heterocycles. The van der Waals surface area contributed by atoms with Crippen molar-refractivity contribution in [3.63, 3.8) is 0 Å². The highest BCUT2D eigenvalue weighted by molar-refractivity contribution is 7.99. The third-order valence-corrected chi connectivity index (χ3v) is 4.89. The molecule has 3 atom stereocenters. The molecule has 1 amide bonds. The van der Waals surface area contributed by atoms with Gasteiger partial charge in [-0.25, -0.2) is 0 Å². The largest absolute Gasteiger partial charge is 0.379 e. The van der Waals surface area contributed by atoms with Crippen molar-refractivity contribution in [3.05, 3.63) is 0 Å². The lowest BCUT2D eigenvalue weighted by Gasteiger charge is -2.19. The molecular weight excluding hydrogens is 248 g/mol. The molecular formula is C13H24N2O2S. The Bertz CT molecular complexity index is 270. The van der Waals surface area contributed by atoms with Crippen molar-refractivity contribution in [2.45, 2.75) is 25.8 Å². The van der Waals surface area contributed by atoms with Gasteiger partial charge in [0.15, 0.2) is 0 Å². The molecule has 0 aromatic rings. The molecule has 2 aliphatic heterocycles. The molecule has 18 heavy (non-hydrogen) atoms. The Morgan fingerprint density at radius 1 is 1.44 bits per heavy atom. The first-order valence-corrected chi connectivity index (χ1v) is 8.13. The number of rotatable bonds is 6. The van der Waals surface area contributed by atoms with E-state index >= 15 is 0 Å². The first-order chi connectivity index (χ1) is 8.81. The van der Waals surface area contributed by atoms with Gasteiger partial charge in [-0.2, -0.15) is 11.8 Å². The van der Waals surface area contributed by atoms with Gasteiger partial charge in [0.25, 0.3) is 0 Å². The maximum atomic E-state index is 12.1. The van der Waals surface area contributed by atoms with Crippen LogP contribution in [0, 0.1) is 11.8 Å². The van der Waals surface area contributed by atoms with Crippen molar-refractivity contribution in [2.24, 2.45) is 11.8 Å². The van der Waals surface area contributed by atoms with E-state index in [-0.39, 0.29) is 17.9 Å². The molecule has 0 aromatic carbocycles. The van der Waals surface area contributed by atoms with Crippen LogP contribution in [0.3, 0.4) is 0 Å². The molecule has 0 aliphatic carbocycles. The third kappa shape index (κ3) is 3.87. The Hall–Kier alpha value is -0.260. The van der Waals surface area contributed by atoms with Crippen LogP contribution in [0.2, 0.25) is 0 Å². The van der Waals surface area contributed by atoms with Gasteiger partial charge in [0.1, 0.15) is 0 Å². The van der Waals surface area contributed by atoms with Gasteiger partial charge in [-0.3, -0.25) is 4.79 Å². The number of nitrogens with one attached hydrogen (secondary N) is 2. The molecule has 2 heterocycles. The fraction of sp³-hybridized carbons (Fsp3) is 0.923. The van der Waals surface area contributed by atoms with Gasteiger partial charge in [-0.15, -0.1) is 0 Å². The monoisotopic (exact) mass is 272 g/mol. The van der Waals surface area contributed by atoms with Crippen molar-refractivity contribution in [3.8, 4) is 0 Å². The van der Waals surface area contributed by atoms with E-state index in [1.807, 2.05) is 11.8 Å². The lowest BCUT2D eigenvalue weighted by atomic mass is 10.0. The van der Waals surface area contributed by atoms with Crippen LogP contribution < -0.4 is 10.6 Å². The van der Waals surface area contributed by atoms with E-state index in [1.165, 1.54) is 17.9 Å². The topological polar surface area (TPSA) is 50.4 Å². The summed E-state index contributed by atoms with van der Waals surface area (Å²) in [4.78, 5) is 12.1. The van der Waals surface area contributed by atoms with Gasteiger partial charge in [-0.05, 0) is 36.8 Å². The minimum Gasteiger partial charge on any atom is -0.379 e. The lowest BCUT2D eigenvalue weighted by Crippen LogP contribution is -2.45. The molecule has 2 N–H and O–H groups in total.